The van der Waals surface area contributed by atoms with E-state index >= 15 is 0 Å². The van der Waals surface area contributed by atoms with Gasteiger partial charge in [-0.15, -0.1) is 0 Å². The van der Waals surface area contributed by atoms with Crippen LogP contribution in [0.4, 0.5) is 14.4 Å². The van der Waals surface area contributed by atoms with E-state index in [-0.39, 0.29) is 79.9 Å². The first-order valence-corrected chi connectivity index (χ1v) is 21.1. The van der Waals surface area contributed by atoms with Crippen LogP contribution in [-0.2, 0) is 24.5 Å². The van der Waals surface area contributed by atoms with Gasteiger partial charge in [-0.25, -0.2) is 19.2 Å². The zero-order valence-electron chi connectivity index (χ0n) is 37.5. The number of amides is 4. The molecule has 340 valence electrons. The van der Waals surface area contributed by atoms with Gasteiger partial charge in [0.05, 0.1) is 5.56 Å². The Labute approximate surface area is 367 Å². The van der Waals surface area contributed by atoms with Gasteiger partial charge in [-0.3, -0.25) is 9.69 Å². The summed E-state index contributed by atoms with van der Waals surface area (Å²) in [5.41, 5.74) is -2.02. The summed E-state index contributed by atoms with van der Waals surface area (Å²) in [6.45, 7) is 18.0. The lowest BCUT2D eigenvalue weighted by atomic mass is 9.77. The number of aromatic hydroxyl groups is 2. The predicted molar refractivity (Wildman–Crippen MR) is 230 cm³/mol. The average Bonchev–Trinajstić information content (AvgIpc) is 3.44. The van der Waals surface area contributed by atoms with E-state index in [9.17, 15) is 34.2 Å². The minimum absolute atomic E-state index is 0.0656. The van der Waals surface area contributed by atoms with Crippen molar-refractivity contribution < 1.29 is 57.9 Å². The number of carbonyl (C=O) groups is 5. The molecule has 0 aliphatic carbocycles. The van der Waals surface area contributed by atoms with E-state index in [1.165, 1.54) is 35.2 Å². The number of ether oxygens (including phenoxy) is 5. The molecule has 0 atom stereocenters. The topological polar surface area (TPSA) is 197 Å². The summed E-state index contributed by atoms with van der Waals surface area (Å²) >= 11 is 0. The van der Waals surface area contributed by atoms with Gasteiger partial charge in [0, 0.05) is 99.8 Å². The molecule has 3 aromatic carbocycles. The van der Waals surface area contributed by atoms with Crippen molar-refractivity contribution in [2.24, 2.45) is 0 Å². The number of hydrogen-bond acceptors (Lipinski definition) is 13. The lowest BCUT2D eigenvalue weighted by Gasteiger charge is -2.36. The first kappa shape index (κ1) is 46.3. The molecule has 0 bridgehead atoms. The summed E-state index contributed by atoms with van der Waals surface area (Å²) in [6, 6.07) is 13.7. The molecule has 4 amide bonds. The summed E-state index contributed by atoms with van der Waals surface area (Å²) < 4.78 is 29.4. The lowest BCUT2D eigenvalue weighted by molar-refractivity contribution is 0.00475. The third-order valence-electron chi connectivity index (χ3n) is 10.4. The SMILES string of the molecule is CC(C)(C)OC(=O)N1CCN(CCNC(=O)c2ccc3c(c2)C(=O)OC32c3ccc(O)cc3Oc3cc(O)ccc32)CCN(C(=O)OC(C)(C)C)CCN(C(=O)OC(C)(C)C)CC1. The Hall–Kier alpha value is -6.23. The van der Waals surface area contributed by atoms with Gasteiger partial charge in [0.1, 0.15) is 39.8 Å². The molecule has 17 nitrogen and oxygen atoms in total. The molecular formula is C46H59N5O12. The minimum atomic E-state index is -1.47. The van der Waals surface area contributed by atoms with Crippen LogP contribution >= 0.6 is 0 Å². The number of fused-ring (bicyclic) bond motifs is 6. The maximum atomic E-state index is 13.7. The van der Waals surface area contributed by atoms with Gasteiger partial charge in [-0.1, -0.05) is 6.07 Å². The first-order valence-electron chi connectivity index (χ1n) is 21.1. The zero-order valence-corrected chi connectivity index (χ0v) is 37.5. The number of phenolic OH excluding ortho intramolecular Hbond substituents is 2. The fourth-order valence-corrected chi connectivity index (χ4v) is 7.48. The third kappa shape index (κ3) is 11.1. The fourth-order valence-electron chi connectivity index (χ4n) is 7.48. The highest BCUT2D eigenvalue weighted by atomic mass is 16.6. The van der Waals surface area contributed by atoms with Gasteiger partial charge in [-0.2, -0.15) is 0 Å². The maximum absolute atomic E-state index is 13.7. The van der Waals surface area contributed by atoms with Gasteiger partial charge in [0.15, 0.2) is 5.60 Å². The van der Waals surface area contributed by atoms with Crippen molar-refractivity contribution in [2.75, 3.05) is 65.4 Å². The molecule has 1 spiro atoms. The molecule has 0 radical (unpaired) electrons. The third-order valence-corrected chi connectivity index (χ3v) is 10.4. The number of nitrogens with zero attached hydrogens (tertiary/aromatic N) is 4. The van der Waals surface area contributed by atoms with Crippen molar-refractivity contribution in [2.45, 2.75) is 84.7 Å². The van der Waals surface area contributed by atoms with E-state index in [1.807, 2.05) is 4.90 Å². The van der Waals surface area contributed by atoms with Crippen molar-refractivity contribution in [1.29, 1.82) is 0 Å². The Bertz CT molecular complexity index is 2150. The Balaban J connectivity index is 1.21. The molecule has 0 unspecified atom stereocenters. The van der Waals surface area contributed by atoms with Gasteiger partial charge in [0.2, 0.25) is 0 Å². The van der Waals surface area contributed by atoms with Crippen molar-refractivity contribution in [3.8, 4) is 23.0 Å². The van der Waals surface area contributed by atoms with E-state index in [4.69, 9.17) is 23.7 Å². The second kappa shape index (κ2) is 17.9. The molecule has 3 N–H and O–H groups in total. The number of esters is 1. The molecule has 3 aromatic rings. The van der Waals surface area contributed by atoms with Crippen molar-refractivity contribution in [1.82, 2.24) is 24.9 Å². The monoisotopic (exact) mass is 873 g/mol. The van der Waals surface area contributed by atoms with Gasteiger partial charge in [0.25, 0.3) is 5.91 Å². The van der Waals surface area contributed by atoms with Crippen molar-refractivity contribution in [3.05, 3.63) is 82.4 Å². The second-order valence-corrected chi connectivity index (χ2v) is 18.8. The summed E-state index contributed by atoms with van der Waals surface area (Å²) in [6.07, 6.45) is -1.67. The minimum Gasteiger partial charge on any atom is -0.508 e. The highest BCUT2D eigenvalue weighted by Gasteiger charge is 2.54. The van der Waals surface area contributed by atoms with E-state index in [2.05, 4.69) is 5.32 Å². The van der Waals surface area contributed by atoms with Crippen LogP contribution in [0.15, 0.2) is 54.6 Å². The lowest BCUT2D eigenvalue weighted by Crippen LogP contribution is -2.51. The molecule has 1 fully saturated rings. The summed E-state index contributed by atoms with van der Waals surface area (Å²) in [5.74, 6) is -0.769. The van der Waals surface area contributed by atoms with E-state index in [0.29, 0.717) is 36.3 Å². The van der Waals surface area contributed by atoms with E-state index < -0.39 is 52.6 Å². The molecule has 0 aromatic heterocycles. The second-order valence-electron chi connectivity index (χ2n) is 18.8. The first-order chi connectivity index (χ1) is 29.4. The number of rotatable bonds is 4. The van der Waals surface area contributed by atoms with Gasteiger partial charge >= 0.3 is 24.2 Å². The Morgan fingerprint density at radius 3 is 1.46 bits per heavy atom. The Morgan fingerprint density at radius 2 is 1.03 bits per heavy atom. The summed E-state index contributed by atoms with van der Waals surface area (Å²) in [5, 5.41) is 23.4. The average molecular weight is 874 g/mol. The van der Waals surface area contributed by atoms with E-state index in [1.54, 1.807) is 96.4 Å². The predicted octanol–water partition coefficient (Wildman–Crippen LogP) is 6.42. The maximum Gasteiger partial charge on any atom is 0.410 e. The van der Waals surface area contributed by atoms with Crippen LogP contribution in [0.1, 0.15) is 99.7 Å². The molecule has 0 saturated carbocycles. The molecule has 6 rings (SSSR count). The van der Waals surface area contributed by atoms with Crippen LogP contribution in [-0.4, -0.2) is 142 Å². The van der Waals surface area contributed by atoms with Gasteiger partial charge in [-0.05, 0) is 98.7 Å². The summed E-state index contributed by atoms with van der Waals surface area (Å²) in [7, 11) is 0. The standard InChI is InChI=1S/C46H59N5O12/c1-43(2,3)61-40(56)49-20-18-48(19-21-50(41(57)62-44(4,5)6)23-25-51(24-22-49)42(58)63-45(7,8)9)17-16-47-38(54)29-10-13-33-32(26-29)39(55)60-46(33)34-14-11-30(52)27-36(34)59-37-28-31(53)12-15-35(37)46/h10-15,26-28,52-53H,16-25H2,1-9H3,(H,47,54). The quantitative estimate of drug-likeness (QED) is 0.192. The smallest absolute Gasteiger partial charge is 0.410 e. The molecule has 3 heterocycles. The van der Waals surface area contributed by atoms with Crippen LogP contribution in [0.25, 0.3) is 0 Å². The number of benzene rings is 3. The number of phenols is 2. The van der Waals surface area contributed by atoms with Gasteiger partial charge < -0.3 is 53.9 Å². The summed E-state index contributed by atoms with van der Waals surface area (Å²) in [4.78, 5) is 74.3. The number of carbonyl (C=O) groups excluding carboxylic acids is 5. The molecule has 3 aliphatic heterocycles. The van der Waals surface area contributed by atoms with Crippen molar-refractivity contribution >= 4 is 30.2 Å². The van der Waals surface area contributed by atoms with Crippen LogP contribution in [0.3, 0.4) is 0 Å². The highest BCUT2D eigenvalue weighted by molar-refractivity contribution is 6.01. The largest absolute Gasteiger partial charge is 0.508 e. The zero-order chi connectivity index (χ0) is 46.1. The van der Waals surface area contributed by atoms with E-state index in [0.717, 1.165) is 0 Å². The van der Waals surface area contributed by atoms with Crippen molar-refractivity contribution in [3.63, 3.8) is 0 Å². The highest BCUT2D eigenvalue weighted by Crippen LogP contribution is 2.57. The van der Waals surface area contributed by atoms with Crippen LogP contribution in [0.5, 0.6) is 23.0 Å². The normalized spacial score (nSPS) is 16.9. The molecule has 17 heteroatoms. The molecule has 63 heavy (non-hydrogen) atoms. The fraction of sp³-hybridized carbons (Fsp3) is 0.500. The molecule has 1 saturated heterocycles. The van der Waals surface area contributed by atoms with Crippen LogP contribution in [0, 0.1) is 0 Å². The van der Waals surface area contributed by atoms with Crippen LogP contribution in [0.2, 0.25) is 0 Å². The van der Waals surface area contributed by atoms with Crippen LogP contribution < -0.4 is 10.1 Å². The molecular weight excluding hydrogens is 815 g/mol. The Kier molecular flexibility index (Phi) is 13.1. The number of hydrogen-bond donors (Lipinski definition) is 3. The molecule has 3 aliphatic rings. The Morgan fingerprint density at radius 1 is 0.619 bits per heavy atom. The number of nitrogens with one attached hydrogen (secondary N) is 1.